The predicted octanol–water partition coefficient (Wildman–Crippen LogP) is 3.31. The summed E-state index contributed by atoms with van der Waals surface area (Å²) in [6.45, 7) is 11.6. The van der Waals surface area contributed by atoms with Crippen molar-refractivity contribution in [2.24, 2.45) is 0 Å². The second kappa shape index (κ2) is 4.55. The van der Waals surface area contributed by atoms with E-state index in [9.17, 15) is 5.11 Å². The topological polar surface area (TPSA) is 42.4 Å². The summed E-state index contributed by atoms with van der Waals surface area (Å²) < 4.78 is 6.03. The Hall–Kier alpha value is -0.873. The summed E-state index contributed by atoms with van der Waals surface area (Å²) in [4.78, 5) is 3.74. The minimum absolute atomic E-state index is 0.0522. The normalized spacial score (nSPS) is 12.8. The molecule has 0 bridgehead atoms. The molecule has 0 radical (unpaired) electrons. The second-order valence-corrected chi connectivity index (χ2v) is 10.4. The van der Waals surface area contributed by atoms with Crippen molar-refractivity contribution in [1.82, 2.24) is 4.98 Å². The average molecular weight is 239 g/mol. The van der Waals surface area contributed by atoms with Gasteiger partial charge in [0.1, 0.15) is 0 Å². The fourth-order valence-corrected chi connectivity index (χ4v) is 1.99. The Labute approximate surface area is 98.6 Å². The number of rotatable bonds is 3. The van der Waals surface area contributed by atoms with Crippen LogP contribution in [0.4, 0.5) is 0 Å². The van der Waals surface area contributed by atoms with E-state index in [1.165, 1.54) is 0 Å². The van der Waals surface area contributed by atoms with E-state index in [-0.39, 0.29) is 10.9 Å². The van der Waals surface area contributed by atoms with Crippen LogP contribution in [0.3, 0.4) is 0 Å². The van der Waals surface area contributed by atoms with Crippen molar-refractivity contribution in [2.75, 3.05) is 0 Å². The molecule has 0 atom stereocenters. The first-order valence-electron chi connectivity index (χ1n) is 5.50. The molecule has 4 heteroatoms. The zero-order valence-electron chi connectivity index (χ0n) is 10.7. The van der Waals surface area contributed by atoms with Crippen LogP contribution in [0, 0.1) is 0 Å². The van der Waals surface area contributed by atoms with Crippen LogP contribution in [0.1, 0.15) is 26.3 Å². The van der Waals surface area contributed by atoms with Crippen molar-refractivity contribution in [3.05, 3.63) is 23.9 Å². The number of nitrogens with zero attached hydrogens (tertiary/aromatic N) is 1. The van der Waals surface area contributed by atoms with Crippen LogP contribution in [0.5, 0.6) is 5.88 Å². The Balaban J connectivity index is 2.65. The zero-order valence-corrected chi connectivity index (χ0v) is 11.7. The van der Waals surface area contributed by atoms with E-state index in [1.54, 1.807) is 12.3 Å². The predicted molar refractivity (Wildman–Crippen MR) is 67.9 cm³/mol. The minimum atomic E-state index is -1.71. The molecular weight excluding hydrogens is 218 g/mol. The lowest BCUT2D eigenvalue weighted by Gasteiger charge is -2.36. The van der Waals surface area contributed by atoms with E-state index in [2.05, 4.69) is 38.8 Å². The molecule has 1 aromatic heterocycles. The summed E-state index contributed by atoms with van der Waals surface area (Å²) >= 11 is 0. The molecule has 0 fully saturated rings. The van der Waals surface area contributed by atoms with Crippen LogP contribution in [0.15, 0.2) is 18.3 Å². The van der Waals surface area contributed by atoms with Gasteiger partial charge in [0.15, 0.2) is 8.32 Å². The van der Waals surface area contributed by atoms with E-state index in [0.717, 1.165) is 5.56 Å². The van der Waals surface area contributed by atoms with Crippen molar-refractivity contribution in [3.8, 4) is 5.88 Å². The van der Waals surface area contributed by atoms with E-state index < -0.39 is 8.32 Å². The molecule has 1 aromatic rings. The largest absolute Gasteiger partial charge is 0.493 e. The summed E-state index contributed by atoms with van der Waals surface area (Å²) in [6.07, 6.45) is 1.60. The summed E-state index contributed by atoms with van der Waals surface area (Å²) in [5, 5.41) is 9.46. The molecule has 0 aliphatic rings. The van der Waals surface area contributed by atoms with Gasteiger partial charge >= 0.3 is 0 Å². The molecule has 1 rings (SSSR count). The Morgan fingerprint density at radius 3 is 2.50 bits per heavy atom. The van der Waals surface area contributed by atoms with Crippen molar-refractivity contribution >= 4 is 8.32 Å². The Morgan fingerprint density at radius 2 is 2.00 bits per heavy atom. The van der Waals surface area contributed by atoms with Gasteiger partial charge in [-0.05, 0) is 29.8 Å². The molecule has 1 heterocycles. The van der Waals surface area contributed by atoms with Crippen LogP contribution in [0.25, 0.3) is 0 Å². The van der Waals surface area contributed by atoms with Gasteiger partial charge in [-0.1, -0.05) is 20.8 Å². The minimum Gasteiger partial charge on any atom is -0.493 e. The highest BCUT2D eigenvalue weighted by Gasteiger charge is 2.36. The summed E-state index contributed by atoms with van der Waals surface area (Å²) in [7, 11) is -1.71. The van der Waals surface area contributed by atoms with Crippen LogP contribution in [0.2, 0.25) is 18.1 Å². The number of aromatic hydroxyl groups is 1. The van der Waals surface area contributed by atoms with Gasteiger partial charge in [0.05, 0.1) is 6.61 Å². The first-order valence-corrected chi connectivity index (χ1v) is 8.41. The maximum Gasteiger partial charge on any atom is 0.211 e. The first-order chi connectivity index (χ1) is 7.22. The number of hydrogen-bond donors (Lipinski definition) is 1. The van der Waals surface area contributed by atoms with Crippen molar-refractivity contribution < 1.29 is 9.53 Å². The molecule has 0 aliphatic heterocycles. The zero-order chi connectivity index (χ0) is 12.4. The van der Waals surface area contributed by atoms with E-state index in [1.807, 2.05) is 6.07 Å². The van der Waals surface area contributed by atoms with E-state index in [0.29, 0.717) is 6.61 Å². The lowest BCUT2D eigenvalue weighted by Crippen LogP contribution is -2.40. The van der Waals surface area contributed by atoms with Gasteiger partial charge in [0.2, 0.25) is 5.88 Å². The second-order valence-electron chi connectivity index (χ2n) is 5.57. The first kappa shape index (κ1) is 13.2. The highest BCUT2D eigenvalue weighted by atomic mass is 28.4. The molecule has 0 aromatic carbocycles. The highest BCUT2D eigenvalue weighted by molar-refractivity contribution is 6.74. The lowest BCUT2D eigenvalue weighted by molar-refractivity contribution is 0.275. The van der Waals surface area contributed by atoms with Gasteiger partial charge in [-0.2, -0.15) is 0 Å². The highest BCUT2D eigenvalue weighted by Crippen LogP contribution is 2.37. The average Bonchev–Trinajstić information content (AvgIpc) is 2.13. The van der Waals surface area contributed by atoms with Crippen LogP contribution in [-0.2, 0) is 11.0 Å². The third-order valence-corrected chi connectivity index (χ3v) is 7.69. The standard InChI is InChI=1S/C12H21NO2Si/c1-12(2,3)16(4,5)15-9-10-6-7-13-11(14)8-10/h6-8H,9H2,1-5H3,(H,13,14). The smallest absolute Gasteiger partial charge is 0.211 e. The fourth-order valence-electron chi connectivity index (χ4n) is 1.03. The molecule has 0 saturated carbocycles. The SMILES string of the molecule is CC(C)(C)[Si](C)(C)OCc1ccnc(O)c1. The van der Waals surface area contributed by atoms with Gasteiger partial charge in [-0.15, -0.1) is 0 Å². The van der Waals surface area contributed by atoms with Gasteiger partial charge in [0, 0.05) is 12.3 Å². The molecule has 90 valence electrons. The number of pyridine rings is 1. The third kappa shape index (κ3) is 3.32. The molecule has 3 nitrogen and oxygen atoms in total. The van der Waals surface area contributed by atoms with Gasteiger partial charge in [-0.25, -0.2) is 4.98 Å². The molecule has 0 amide bonds. The van der Waals surface area contributed by atoms with E-state index >= 15 is 0 Å². The molecule has 1 N–H and O–H groups in total. The van der Waals surface area contributed by atoms with Crippen molar-refractivity contribution in [1.29, 1.82) is 0 Å². The van der Waals surface area contributed by atoms with Gasteiger partial charge in [0.25, 0.3) is 0 Å². The van der Waals surface area contributed by atoms with E-state index in [4.69, 9.17) is 4.43 Å². The quantitative estimate of drug-likeness (QED) is 0.823. The molecule has 0 spiro atoms. The van der Waals surface area contributed by atoms with Crippen LogP contribution < -0.4 is 0 Å². The van der Waals surface area contributed by atoms with Crippen molar-refractivity contribution in [3.63, 3.8) is 0 Å². The monoisotopic (exact) mass is 239 g/mol. The van der Waals surface area contributed by atoms with Crippen LogP contribution in [-0.4, -0.2) is 18.4 Å². The maximum atomic E-state index is 9.25. The third-order valence-electron chi connectivity index (χ3n) is 3.22. The molecule has 0 saturated heterocycles. The van der Waals surface area contributed by atoms with Crippen LogP contribution >= 0.6 is 0 Å². The fraction of sp³-hybridized carbons (Fsp3) is 0.583. The van der Waals surface area contributed by atoms with Gasteiger partial charge in [-0.3, -0.25) is 0 Å². The molecule has 0 unspecified atom stereocenters. The summed E-state index contributed by atoms with van der Waals surface area (Å²) in [6, 6.07) is 3.51. The molecular formula is C12H21NO2Si. The molecule has 0 aliphatic carbocycles. The van der Waals surface area contributed by atoms with Gasteiger partial charge < -0.3 is 9.53 Å². The Morgan fingerprint density at radius 1 is 1.38 bits per heavy atom. The van der Waals surface area contributed by atoms with Crippen molar-refractivity contribution in [2.45, 2.75) is 45.5 Å². The summed E-state index contributed by atoms with van der Waals surface area (Å²) in [5.74, 6) is 0.0522. The lowest BCUT2D eigenvalue weighted by atomic mass is 10.2. The number of hydrogen-bond acceptors (Lipinski definition) is 3. The maximum absolute atomic E-state index is 9.25. The Kier molecular flexibility index (Phi) is 3.75. The molecule has 16 heavy (non-hydrogen) atoms. The Bertz CT molecular complexity index is 358. The number of aromatic nitrogens is 1. The summed E-state index contributed by atoms with van der Waals surface area (Å²) in [5.41, 5.74) is 0.970.